The maximum atomic E-state index is 11.8. The van der Waals surface area contributed by atoms with Crippen LogP contribution in [0, 0.1) is 0 Å². The van der Waals surface area contributed by atoms with Gasteiger partial charge in [0.25, 0.3) is 0 Å². The van der Waals surface area contributed by atoms with Crippen LogP contribution in [0.3, 0.4) is 0 Å². The number of ether oxygens (including phenoxy) is 2. The molecule has 1 aliphatic heterocycles. The predicted octanol–water partition coefficient (Wildman–Crippen LogP) is 3.82. The van der Waals surface area contributed by atoms with Crippen LogP contribution in [0.2, 0.25) is 0 Å². The number of carbonyl (C=O) groups is 1. The van der Waals surface area contributed by atoms with E-state index < -0.39 is 0 Å². The van der Waals surface area contributed by atoms with Crippen molar-refractivity contribution in [1.82, 2.24) is 10.3 Å². The number of H-pyrrole nitrogens is 1. The largest absolute Gasteiger partial charge is 0.493 e. The summed E-state index contributed by atoms with van der Waals surface area (Å²) in [5, 5.41) is 4.78. The number of carbonyl (C=O) groups excluding carboxylic acids is 1. The number of aromatic amines is 1. The molecule has 3 aromatic rings. The van der Waals surface area contributed by atoms with E-state index in [1.165, 1.54) is 16.8 Å². The zero-order valence-corrected chi connectivity index (χ0v) is 15.9. The molecule has 0 radical (unpaired) electrons. The van der Waals surface area contributed by atoms with Crippen molar-refractivity contribution in [3.63, 3.8) is 0 Å². The van der Waals surface area contributed by atoms with Crippen LogP contribution in [0.1, 0.15) is 40.1 Å². The Balaban J connectivity index is 1.69. The number of benzene rings is 2. The average Bonchev–Trinajstić information content (AvgIpc) is 3.07. The molecule has 0 amide bonds. The highest BCUT2D eigenvalue weighted by Gasteiger charge is 2.24. The SMILES string of the molecule is COc1ccc(CC2NCCc3c2[nH]c2ccc(C(C)=O)cc32)cc1OC. The first-order chi connectivity index (χ1) is 13.1. The minimum absolute atomic E-state index is 0.0997. The number of fused-ring (bicyclic) bond motifs is 3. The van der Waals surface area contributed by atoms with Gasteiger partial charge in [0, 0.05) is 22.2 Å². The zero-order chi connectivity index (χ0) is 19.0. The van der Waals surface area contributed by atoms with E-state index >= 15 is 0 Å². The van der Waals surface area contributed by atoms with Crippen molar-refractivity contribution >= 4 is 16.7 Å². The lowest BCUT2D eigenvalue weighted by Crippen LogP contribution is -2.31. The van der Waals surface area contributed by atoms with E-state index in [-0.39, 0.29) is 11.8 Å². The number of Topliss-reactive ketones (excluding diaryl/α,β-unsaturated/α-hetero) is 1. The molecule has 2 heterocycles. The molecular weight excluding hydrogens is 340 g/mol. The first-order valence-electron chi connectivity index (χ1n) is 9.20. The lowest BCUT2D eigenvalue weighted by molar-refractivity contribution is 0.101. The molecule has 1 unspecified atom stereocenters. The number of aromatic nitrogens is 1. The van der Waals surface area contributed by atoms with Crippen LogP contribution >= 0.6 is 0 Å². The lowest BCUT2D eigenvalue weighted by Gasteiger charge is -2.25. The van der Waals surface area contributed by atoms with Crippen molar-refractivity contribution < 1.29 is 14.3 Å². The summed E-state index contributed by atoms with van der Waals surface area (Å²) in [6.07, 6.45) is 1.80. The van der Waals surface area contributed by atoms with Gasteiger partial charge in [-0.1, -0.05) is 6.07 Å². The Bertz CT molecular complexity index is 1010. The predicted molar refractivity (Wildman–Crippen MR) is 106 cm³/mol. The van der Waals surface area contributed by atoms with E-state index in [0.29, 0.717) is 0 Å². The summed E-state index contributed by atoms with van der Waals surface area (Å²) >= 11 is 0. The summed E-state index contributed by atoms with van der Waals surface area (Å²) < 4.78 is 10.8. The molecule has 1 atom stereocenters. The fourth-order valence-electron chi connectivity index (χ4n) is 3.95. The van der Waals surface area contributed by atoms with Gasteiger partial charge in [-0.15, -0.1) is 0 Å². The fraction of sp³-hybridized carbons (Fsp3) is 0.318. The average molecular weight is 364 g/mol. The Morgan fingerprint density at radius 1 is 1.11 bits per heavy atom. The van der Waals surface area contributed by atoms with E-state index in [0.717, 1.165) is 47.4 Å². The van der Waals surface area contributed by atoms with Crippen molar-refractivity contribution in [3.05, 3.63) is 58.8 Å². The van der Waals surface area contributed by atoms with Gasteiger partial charge in [-0.25, -0.2) is 0 Å². The molecule has 0 spiro atoms. The van der Waals surface area contributed by atoms with Gasteiger partial charge in [0.15, 0.2) is 17.3 Å². The van der Waals surface area contributed by atoms with Crippen LogP contribution in [0.5, 0.6) is 11.5 Å². The molecule has 2 aromatic carbocycles. The van der Waals surface area contributed by atoms with Crippen molar-refractivity contribution in [2.45, 2.75) is 25.8 Å². The summed E-state index contributed by atoms with van der Waals surface area (Å²) in [4.78, 5) is 15.3. The van der Waals surface area contributed by atoms with Crippen LogP contribution in [0.4, 0.5) is 0 Å². The molecule has 0 saturated carbocycles. The Labute approximate surface area is 158 Å². The van der Waals surface area contributed by atoms with Crippen molar-refractivity contribution in [3.8, 4) is 11.5 Å². The minimum Gasteiger partial charge on any atom is -0.493 e. The molecule has 140 valence electrons. The molecular formula is C22H24N2O3. The van der Waals surface area contributed by atoms with Gasteiger partial charge in [0.2, 0.25) is 0 Å². The normalized spacial score (nSPS) is 16.2. The third kappa shape index (κ3) is 3.19. The number of rotatable bonds is 5. The highest BCUT2D eigenvalue weighted by molar-refractivity contribution is 5.99. The third-order valence-corrected chi connectivity index (χ3v) is 5.35. The molecule has 1 aromatic heterocycles. The van der Waals surface area contributed by atoms with Crippen LogP contribution in [-0.2, 0) is 12.8 Å². The Hall–Kier alpha value is -2.79. The maximum Gasteiger partial charge on any atom is 0.160 e. The first-order valence-corrected chi connectivity index (χ1v) is 9.20. The fourth-order valence-corrected chi connectivity index (χ4v) is 3.95. The summed E-state index contributed by atoms with van der Waals surface area (Å²) in [5.74, 6) is 1.58. The monoisotopic (exact) mass is 364 g/mol. The lowest BCUT2D eigenvalue weighted by atomic mass is 9.94. The molecule has 5 nitrogen and oxygen atoms in total. The van der Waals surface area contributed by atoms with Gasteiger partial charge in [-0.3, -0.25) is 4.79 Å². The van der Waals surface area contributed by atoms with Gasteiger partial charge in [-0.2, -0.15) is 0 Å². The number of nitrogens with one attached hydrogen (secondary N) is 2. The molecule has 0 aliphatic carbocycles. The maximum absolute atomic E-state index is 11.8. The van der Waals surface area contributed by atoms with Gasteiger partial charge in [0.05, 0.1) is 20.3 Å². The molecule has 4 rings (SSSR count). The van der Waals surface area contributed by atoms with Crippen molar-refractivity contribution in [2.24, 2.45) is 0 Å². The molecule has 2 N–H and O–H groups in total. The number of ketones is 1. The number of methoxy groups -OCH3 is 2. The second kappa shape index (κ2) is 7.08. The van der Waals surface area contributed by atoms with E-state index in [2.05, 4.69) is 16.4 Å². The van der Waals surface area contributed by atoms with Gasteiger partial charge in [-0.05, 0) is 67.8 Å². The van der Waals surface area contributed by atoms with E-state index in [4.69, 9.17) is 9.47 Å². The second-order valence-corrected chi connectivity index (χ2v) is 6.98. The Morgan fingerprint density at radius 2 is 1.93 bits per heavy atom. The van der Waals surface area contributed by atoms with E-state index in [9.17, 15) is 4.79 Å². The van der Waals surface area contributed by atoms with E-state index in [1.807, 2.05) is 30.3 Å². The van der Waals surface area contributed by atoms with Crippen LogP contribution in [0.15, 0.2) is 36.4 Å². The van der Waals surface area contributed by atoms with E-state index in [1.54, 1.807) is 21.1 Å². The smallest absolute Gasteiger partial charge is 0.160 e. The third-order valence-electron chi connectivity index (χ3n) is 5.35. The first kappa shape index (κ1) is 17.6. The van der Waals surface area contributed by atoms with Crippen molar-refractivity contribution in [2.75, 3.05) is 20.8 Å². The standard InChI is InChI=1S/C22H24N2O3/c1-13(25)15-5-6-18-17(12-15)16-8-9-23-19(22(16)24-18)10-14-4-7-20(26-2)21(11-14)27-3/h4-7,11-12,19,23-24H,8-10H2,1-3H3. The molecule has 0 saturated heterocycles. The highest BCUT2D eigenvalue weighted by atomic mass is 16.5. The topological polar surface area (TPSA) is 63.3 Å². The van der Waals surface area contributed by atoms with Gasteiger partial charge in [0.1, 0.15) is 0 Å². The van der Waals surface area contributed by atoms with Crippen LogP contribution in [0.25, 0.3) is 10.9 Å². The van der Waals surface area contributed by atoms with Crippen molar-refractivity contribution in [1.29, 1.82) is 0 Å². The van der Waals surface area contributed by atoms with Crippen LogP contribution in [-0.4, -0.2) is 31.5 Å². The Kier molecular flexibility index (Phi) is 4.62. The molecule has 0 fully saturated rings. The Morgan fingerprint density at radius 3 is 2.67 bits per heavy atom. The molecule has 5 heteroatoms. The zero-order valence-electron chi connectivity index (χ0n) is 15.9. The summed E-state index contributed by atoms with van der Waals surface area (Å²) in [6, 6.07) is 12.2. The molecule has 27 heavy (non-hydrogen) atoms. The number of hydrogen-bond acceptors (Lipinski definition) is 4. The summed E-state index contributed by atoms with van der Waals surface area (Å²) in [6.45, 7) is 2.53. The summed E-state index contributed by atoms with van der Waals surface area (Å²) in [7, 11) is 3.30. The molecule has 1 aliphatic rings. The summed E-state index contributed by atoms with van der Waals surface area (Å²) in [5.41, 5.74) is 5.57. The number of hydrogen-bond donors (Lipinski definition) is 2. The second-order valence-electron chi connectivity index (χ2n) is 6.98. The van der Waals surface area contributed by atoms with Gasteiger partial charge >= 0.3 is 0 Å². The highest BCUT2D eigenvalue weighted by Crippen LogP contribution is 2.34. The quantitative estimate of drug-likeness (QED) is 0.676. The molecule has 0 bridgehead atoms. The van der Waals surface area contributed by atoms with Gasteiger partial charge < -0.3 is 19.8 Å². The minimum atomic E-state index is 0.0997. The van der Waals surface area contributed by atoms with Crippen LogP contribution < -0.4 is 14.8 Å².